The van der Waals surface area contributed by atoms with Gasteiger partial charge in [-0.25, -0.2) is 4.79 Å². The van der Waals surface area contributed by atoms with Crippen molar-refractivity contribution in [3.63, 3.8) is 0 Å². The first-order chi connectivity index (χ1) is 12.0. The SMILES string of the molecule is Cc1nnc2n1CC(C(=O)O)N(C(=O)CSCc1cccc(Cl)c1)C2. The fourth-order valence-electron chi connectivity index (χ4n) is 2.75. The molecule has 132 valence electrons. The van der Waals surface area contributed by atoms with Crippen molar-refractivity contribution >= 4 is 35.2 Å². The Bertz CT molecular complexity index is 810. The van der Waals surface area contributed by atoms with Gasteiger partial charge >= 0.3 is 5.97 Å². The molecule has 7 nitrogen and oxygen atoms in total. The third-order valence-corrected chi connectivity index (χ3v) is 5.27. The molecule has 1 atom stereocenters. The second kappa shape index (κ2) is 7.45. The molecule has 0 fully saturated rings. The quantitative estimate of drug-likeness (QED) is 0.853. The first-order valence-corrected chi connectivity index (χ1v) is 9.22. The molecule has 0 aliphatic carbocycles. The van der Waals surface area contributed by atoms with Crippen molar-refractivity contribution in [3.05, 3.63) is 46.5 Å². The Kier molecular flexibility index (Phi) is 5.29. The van der Waals surface area contributed by atoms with E-state index >= 15 is 0 Å². The molecule has 25 heavy (non-hydrogen) atoms. The van der Waals surface area contributed by atoms with E-state index in [0.29, 0.717) is 22.4 Å². The van der Waals surface area contributed by atoms with Crippen LogP contribution in [0.15, 0.2) is 24.3 Å². The van der Waals surface area contributed by atoms with Gasteiger partial charge in [0.1, 0.15) is 11.9 Å². The number of fused-ring (bicyclic) bond motifs is 1. The Morgan fingerprint density at radius 1 is 1.40 bits per heavy atom. The van der Waals surface area contributed by atoms with E-state index in [1.54, 1.807) is 17.6 Å². The van der Waals surface area contributed by atoms with Crippen molar-refractivity contribution < 1.29 is 14.7 Å². The lowest BCUT2D eigenvalue weighted by Gasteiger charge is -2.33. The first kappa shape index (κ1) is 17.8. The fraction of sp³-hybridized carbons (Fsp3) is 0.375. The Morgan fingerprint density at radius 2 is 2.20 bits per heavy atom. The van der Waals surface area contributed by atoms with Gasteiger partial charge in [0.15, 0.2) is 5.82 Å². The zero-order valence-corrected chi connectivity index (χ0v) is 15.1. The molecule has 2 heterocycles. The van der Waals surface area contributed by atoms with Crippen LogP contribution in [0, 0.1) is 6.92 Å². The summed E-state index contributed by atoms with van der Waals surface area (Å²) in [7, 11) is 0. The van der Waals surface area contributed by atoms with Crippen LogP contribution in [0.3, 0.4) is 0 Å². The van der Waals surface area contributed by atoms with Crippen LogP contribution < -0.4 is 0 Å². The van der Waals surface area contributed by atoms with E-state index in [4.69, 9.17) is 11.6 Å². The van der Waals surface area contributed by atoms with E-state index < -0.39 is 12.0 Å². The predicted molar refractivity (Wildman–Crippen MR) is 94.3 cm³/mol. The maximum Gasteiger partial charge on any atom is 0.328 e. The number of carbonyl (C=O) groups excluding carboxylic acids is 1. The van der Waals surface area contributed by atoms with Gasteiger partial charge in [-0.15, -0.1) is 22.0 Å². The van der Waals surface area contributed by atoms with Crippen molar-refractivity contribution in [1.82, 2.24) is 19.7 Å². The number of hydrogen-bond acceptors (Lipinski definition) is 5. The van der Waals surface area contributed by atoms with Gasteiger partial charge in [0.05, 0.1) is 18.8 Å². The number of halogens is 1. The molecule has 1 amide bonds. The van der Waals surface area contributed by atoms with Crippen LogP contribution >= 0.6 is 23.4 Å². The van der Waals surface area contributed by atoms with Gasteiger partial charge in [-0.3, -0.25) is 4.79 Å². The molecular weight excluding hydrogens is 364 g/mol. The van der Waals surface area contributed by atoms with Gasteiger partial charge in [0.25, 0.3) is 0 Å². The summed E-state index contributed by atoms with van der Waals surface area (Å²) in [4.78, 5) is 25.5. The number of aromatic nitrogens is 3. The van der Waals surface area contributed by atoms with Gasteiger partial charge in [-0.05, 0) is 24.6 Å². The molecule has 9 heteroatoms. The fourth-order valence-corrected chi connectivity index (χ4v) is 3.82. The zero-order valence-electron chi connectivity index (χ0n) is 13.6. The topological polar surface area (TPSA) is 88.3 Å². The van der Waals surface area contributed by atoms with E-state index in [9.17, 15) is 14.7 Å². The number of aliphatic carboxylic acids is 1. The summed E-state index contributed by atoms with van der Waals surface area (Å²) in [5.74, 6) is 0.862. The highest BCUT2D eigenvalue weighted by Gasteiger charge is 2.36. The largest absolute Gasteiger partial charge is 0.480 e. The van der Waals surface area contributed by atoms with Gasteiger partial charge in [-0.2, -0.15) is 0 Å². The number of amides is 1. The summed E-state index contributed by atoms with van der Waals surface area (Å²) in [6.07, 6.45) is 0. The molecule has 2 aromatic rings. The minimum atomic E-state index is -1.02. The third-order valence-electron chi connectivity index (χ3n) is 4.04. The number of benzene rings is 1. The van der Waals surface area contributed by atoms with Crippen LogP contribution in [0.1, 0.15) is 17.2 Å². The summed E-state index contributed by atoms with van der Waals surface area (Å²) >= 11 is 7.38. The molecule has 3 rings (SSSR count). The zero-order chi connectivity index (χ0) is 18.0. The third kappa shape index (κ3) is 3.96. The van der Waals surface area contributed by atoms with Crippen molar-refractivity contribution in [3.8, 4) is 0 Å². The molecular formula is C16H17ClN4O3S. The van der Waals surface area contributed by atoms with E-state index in [-0.39, 0.29) is 24.7 Å². The molecule has 1 aromatic heterocycles. The summed E-state index contributed by atoms with van der Waals surface area (Å²) in [6, 6.07) is 6.55. The molecule has 1 N–H and O–H groups in total. The lowest BCUT2D eigenvalue weighted by atomic mass is 10.2. The molecule has 0 saturated carbocycles. The van der Waals surface area contributed by atoms with Crippen LogP contribution in [0.5, 0.6) is 0 Å². The van der Waals surface area contributed by atoms with E-state index in [1.165, 1.54) is 16.7 Å². The van der Waals surface area contributed by atoms with Gasteiger partial charge in [0.2, 0.25) is 5.91 Å². The molecule has 0 bridgehead atoms. The van der Waals surface area contributed by atoms with Crippen molar-refractivity contribution in [2.24, 2.45) is 0 Å². The molecule has 1 unspecified atom stereocenters. The van der Waals surface area contributed by atoms with Gasteiger partial charge in [0, 0.05) is 10.8 Å². The average Bonchev–Trinajstić information content (AvgIpc) is 2.94. The summed E-state index contributed by atoms with van der Waals surface area (Å²) in [6.45, 7) is 2.11. The van der Waals surface area contributed by atoms with E-state index in [1.807, 2.05) is 18.2 Å². The number of aryl methyl sites for hydroxylation is 1. The lowest BCUT2D eigenvalue weighted by molar-refractivity contribution is -0.151. The summed E-state index contributed by atoms with van der Waals surface area (Å²) < 4.78 is 1.75. The highest BCUT2D eigenvalue weighted by atomic mass is 35.5. The molecule has 1 aliphatic heterocycles. The van der Waals surface area contributed by atoms with Crippen LogP contribution in [0.4, 0.5) is 0 Å². The Morgan fingerprint density at radius 3 is 2.92 bits per heavy atom. The predicted octanol–water partition coefficient (Wildman–Crippen LogP) is 1.97. The number of carbonyl (C=O) groups is 2. The average molecular weight is 381 g/mol. The van der Waals surface area contributed by atoms with Crippen molar-refractivity contribution in [2.75, 3.05) is 5.75 Å². The Hall–Kier alpha value is -2.06. The lowest BCUT2D eigenvalue weighted by Crippen LogP contribution is -2.51. The van der Waals surface area contributed by atoms with E-state index in [2.05, 4.69) is 10.2 Å². The molecule has 1 aliphatic rings. The number of carboxylic acid groups (broad SMARTS) is 1. The van der Waals surface area contributed by atoms with Gasteiger partial charge < -0.3 is 14.6 Å². The van der Waals surface area contributed by atoms with Crippen LogP contribution in [-0.4, -0.2) is 48.4 Å². The maximum atomic E-state index is 12.5. The second-order valence-electron chi connectivity index (χ2n) is 5.77. The monoisotopic (exact) mass is 380 g/mol. The molecule has 1 aromatic carbocycles. The summed E-state index contributed by atoms with van der Waals surface area (Å²) in [5, 5.41) is 18.1. The number of nitrogens with zero attached hydrogens (tertiary/aromatic N) is 4. The standard InChI is InChI=1S/C16H17ClN4O3S/c1-10-18-19-14-7-21(13(16(23)24)6-20(10)14)15(22)9-25-8-11-3-2-4-12(17)5-11/h2-5,13H,6-9H2,1H3,(H,23,24). The molecule has 0 spiro atoms. The number of carboxylic acids is 1. The first-order valence-electron chi connectivity index (χ1n) is 7.69. The van der Waals surface area contributed by atoms with Crippen LogP contribution in [0.25, 0.3) is 0 Å². The van der Waals surface area contributed by atoms with E-state index in [0.717, 1.165) is 5.56 Å². The van der Waals surface area contributed by atoms with Gasteiger partial charge in [-0.1, -0.05) is 23.7 Å². The number of thioether (sulfide) groups is 1. The number of hydrogen-bond donors (Lipinski definition) is 1. The molecule has 0 saturated heterocycles. The normalized spacial score (nSPS) is 16.6. The van der Waals surface area contributed by atoms with Crippen molar-refractivity contribution in [2.45, 2.75) is 31.8 Å². The highest BCUT2D eigenvalue weighted by Crippen LogP contribution is 2.21. The number of rotatable bonds is 5. The summed E-state index contributed by atoms with van der Waals surface area (Å²) in [5.41, 5.74) is 1.02. The minimum absolute atomic E-state index is 0.161. The maximum absolute atomic E-state index is 12.5. The smallest absolute Gasteiger partial charge is 0.328 e. The van der Waals surface area contributed by atoms with Crippen molar-refractivity contribution in [1.29, 1.82) is 0 Å². The minimum Gasteiger partial charge on any atom is -0.480 e. The van der Waals surface area contributed by atoms with Crippen LogP contribution in [0.2, 0.25) is 5.02 Å². The van der Waals surface area contributed by atoms with Crippen LogP contribution in [-0.2, 0) is 28.4 Å². The highest BCUT2D eigenvalue weighted by molar-refractivity contribution is 7.99. The Balaban J connectivity index is 1.64. The Labute approximate surface area is 154 Å². The second-order valence-corrected chi connectivity index (χ2v) is 7.19. The molecule has 0 radical (unpaired) electrons.